The number of carbonyl (C=O) groups excluding carboxylic acids is 1. The van der Waals surface area contributed by atoms with Gasteiger partial charge in [-0.2, -0.15) is 0 Å². The summed E-state index contributed by atoms with van der Waals surface area (Å²) >= 11 is 0. The van der Waals surface area contributed by atoms with E-state index in [-0.39, 0.29) is 17.2 Å². The van der Waals surface area contributed by atoms with Gasteiger partial charge in [0.1, 0.15) is 5.82 Å². The van der Waals surface area contributed by atoms with Gasteiger partial charge in [-0.1, -0.05) is 26.8 Å². The molecule has 4 nitrogen and oxygen atoms in total. The molecule has 0 spiro atoms. The van der Waals surface area contributed by atoms with E-state index in [1.807, 2.05) is 19.1 Å². The van der Waals surface area contributed by atoms with Gasteiger partial charge in [-0.05, 0) is 30.4 Å². The summed E-state index contributed by atoms with van der Waals surface area (Å²) in [4.78, 5) is 16.3. The number of aromatic nitrogens is 1. The normalized spacial score (nSPS) is 13.2. The maximum atomic E-state index is 12.1. The Morgan fingerprint density at radius 2 is 2.17 bits per heavy atom. The van der Waals surface area contributed by atoms with Gasteiger partial charge in [-0.3, -0.25) is 4.79 Å². The monoisotopic (exact) mass is 249 g/mol. The number of nitrogens with one attached hydrogen (secondary N) is 1. The highest BCUT2D eigenvalue weighted by Gasteiger charge is 2.24. The lowest BCUT2D eigenvalue weighted by molar-refractivity contribution is -0.120. The third-order valence-corrected chi connectivity index (χ3v) is 2.77. The number of amides is 1. The highest BCUT2D eigenvalue weighted by Crippen LogP contribution is 2.24. The number of nitrogens with zero attached hydrogens (tertiary/aromatic N) is 1. The summed E-state index contributed by atoms with van der Waals surface area (Å²) < 4.78 is 0. The molecule has 1 heterocycles. The highest BCUT2D eigenvalue weighted by atomic mass is 16.1. The van der Waals surface area contributed by atoms with Crippen LogP contribution in [0, 0.1) is 18.3 Å². The first-order chi connectivity index (χ1) is 8.33. The van der Waals surface area contributed by atoms with Crippen LogP contribution in [0.25, 0.3) is 0 Å². The number of hydrogen-bond acceptors (Lipinski definition) is 3. The summed E-state index contributed by atoms with van der Waals surface area (Å²) in [5.74, 6) is 0.399. The predicted octanol–water partition coefficient (Wildman–Crippen LogP) is 2.34. The Bertz CT molecular complexity index is 410. The van der Waals surface area contributed by atoms with Crippen molar-refractivity contribution in [3.63, 3.8) is 0 Å². The number of pyridine rings is 1. The molecule has 18 heavy (non-hydrogen) atoms. The topological polar surface area (TPSA) is 68.0 Å². The lowest BCUT2D eigenvalue weighted by Crippen LogP contribution is -2.32. The summed E-state index contributed by atoms with van der Waals surface area (Å²) in [6, 6.07) is 3.77. The first kappa shape index (κ1) is 14.6. The van der Waals surface area contributed by atoms with Crippen LogP contribution in [0.4, 0.5) is 5.82 Å². The summed E-state index contributed by atoms with van der Waals surface area (Å²) in [7, 11) is 0. The molecule has 0 radical (unpaired) electrons. The molecule has 0 aliphatic rings. The molecular formula is C14H23N3O. The van der Waals surface area contributed by atoms with Gasteiger partial charge >= 0.3 is 0 Å². The smallest absolute Gasteiger partial charge is 0.229 e. The van der Waals surface area contributed by atoms with Crippen molar-refractivity contribution in [3.8, 4) is 0 Å². The fourth-order valence-electron chi connectivity index (χ4n) is 1.86. The zero-order valence-corrected chi connectivity index (χ0v) is 11.7. The molecule has 1 rings (SSSR count). The van der Waals surface area contributed by atoms with E-state index in [1.54, 1.807) is 6.20 Å². The van der Waals surface area contributed by atoms with Gasteiger partial charge in [0.25, 0.3) is 0 Å². The second-order valence-corrected chi connectivity index (χ2v) is 5.86. The Labute approximate surface area is 109 Å². The third kappa shape index (κ3) is 4.45. The van der Waals surface area contributed by atoms with Crippen LogP contribution in [-0.2, 0) is 4.79 Å². The maximum Gasteiger partial charge on any atom is 0.229 e. The van der Waals surface area contributed by atoms with Crippen molar-refractivity contribution in [1.29, 1.82) is 0 Å². The van der Waals surface area contributed by atoms with Gasteiger partial charge in [0.15, 0.2) is 0 Å². The van der Waals surface area contributed by atoms with E-state index in [0.717, 1.165) is 12.0 Å². The zero-order valence-electron chi connectivity index (χ0n) is 11.7. The van der Waals surface area contributed by atoms with Crippen LogP contribution in [0.5, 0.6) is 0 Å². The van der Waals surface area contributed by atoms with Crippen molar-refractivity contribution >= 4 is 11.7 Å². The molecule has 0 aromatic carbocycles. The SMILES string of the molecule is Cc1cccnc1NC(=O)C(CN)CC(C)(C)C. The first-order valence-corrected chi connectivity index (χ1v) is 6.26. The minimum Gasteiger partial charge on any atom is -0.330 e. The number of anilines is 1. The first-order valence-electron chi connectivity index (χ1n) is 6.26. The van der Waals surface area contributed by atoms with E-state index >= 15 is 0 Å². The standard InChI is InChI=1S/C14H23N3O/c1-10-6-5-7-16-12(10)17-13(18)11(9-15)8-14(2,3)4/h5-7,11H,8-9,15H2,1-4H3,(H,16,17,18). The van der Waals surface area contributed by atoms with Crippen LogP contribution < -0.4 is 11.1 Å². The van der Waals surface area contributed by atoms with E-state index < -0.39 is 0 Å². The fourth-order valence-corrected chi connectivity index (χ4v) is 1.86. The van der Waals surface area contributed by atoms with Crippen LogP contribution in [-0.4, -0.2) is 17.4 Å². The molecule has 1 unspecified atom stereocenters. The molecular weight excluding hydrogens is 226 g/mol. The zero-order chi connectivity index (χ0) is 13.8. The second kappa shape index (κ2) is 5.96. The van der Waals surface area contributed by atoms with Crippen molar-refractivity contribution in [2.75, 3.05) is 11.9 Å². The molecule has 1 aromatic heterocycles. The molecule has 0 fully saturated rings. The summed E-state index contributed by atoms with van der Waals surface area (Å²) in [5.41, 5.74) is 6.73. The molecule has 0 saturated heterocycles. The molecule has 1 aromatic rings. The molecule has 0 aliphatic carbocycles. The molecule has 0 bridgehead atoms. The van der Waals surface area contributed by atoms with Gasteiger partial charge in [0.2, 0.25) is 5.91 Å². The lowest BCUT2D eigenvalue weighted by Gasteiger charge is -2.24. The van der Waals surface area contributed by atoms with Gasteiger partial charge in [-0.15, -0.1) is 0 Å². The number of rotatable bonds is 4. The average Bonchev–Trinajstić information content (AvgIpc) is 2.27. The van der Waals surface area contributed by atoms with Crippen LogP contribution in [0.1, 0.15) is 32.8 Å². The Morgan fingerprint density at radius 1 is 1.50 bits per heavy atom. The number of nitrogens with two attached hydrogens (primary N) is 1. The predicted molar refractivity (Wildman–Crippen MR) is 74.2 cm³/mol. The fraction of sp³-hybridized carbons (Fsp3) is 0.571. The van der Waals surface area contributed by atoms with Crippen LogP contribution >= 0.6 is 0 Å². The molecule has 100 valence electrons. The molecule has 0 saturated carbocycles. The summed E-state index contributed by atoms with van der Waals surface area (Å²) in [6.07, 6.45) is 2.44. The number of carbonyl (C=O) groups is 1. The largest absolute Gasteiger partial charge is 0.330 e. The molecule has 0 aliphatic heterocycles. The van der Waals surface area contributed by atoms with E-state index in [2.05, 4.69) is 31.1 Å². The summed E-state index contributed by atoms with van der Waals surface area (Å²) in [5, 5.41) is 2.85. The Balaban J connectivity index is 2.72. The molecule has 1 amide bonds. The van der Waals surface area contributed by atoms with Gasteiger partial charge in [0, 0.05) is 12.7 Å². The van der Waals surface area contributed by atoms with Crippen molar-refractivity contribution in [1.82, 2.24) is 4.98 Å². The Hall–Kier alpha value is -1.42. The van der Waals surface area contributed by atoms with Gasteiger partial charge < -0.3 is 11.1 Å². The van der Waals surface area contributed by atoms with E-state index in [4.69, 9.17) is 5.73 Å². The molecule has 4 heteroatoms. The quantitative estimate of drug-likeness (QED) is 0.860. The summed E-state index contributed by atoms with van der Waals surface area (Å²) in [6.45, 7) is 8.59. The van der Waals surface area contributed by atoms with E-state index in [1.165, 1.54) is 0 Å². The molecule has 3 N–H and O–H groups in total. The second-order valence-electron chi connectivity index (χ2n) is 5.86. The van der Waals surface area contributed by atoms with Crippen molar-refractivity contribution in [3.05, 3.63) is 23.9 Å². The van der Waals surface area contributed by atoms with Gasteiger partial charge in [0.05, 0.1) is 5.92 Å². The van der Waals surface area contributed by atoms with E-state index in [0.29, 0.717) is 12.4 Å². The van der Waals surface area contributed by atoms with E-state index in [9.17, 15) is 4.79 Å². The third-order valence-electron chi connectivity index (χ3n) is 2.77. The maximum absolute atomic E-state index is 12.1. The average molecular weight is 249 g/mol. The number of aryl methyl sites for hydroxylation is 1. The molecule has 1 atom stereocenters. The highest BCUT2D eigenvalue weighted by molar-refractivity contribution is 5.92. The minimum absolute atomic E-state index is 0.0470. The van der Waals surface area contributed by atoms with Crippen molar-refractivity contribution in [2.45, 2.75) is 34.1 Å². The van der Waals surface area contributed by atoms with Crippen molar-refractivity contribution < 1.29 is 4.79 Å². The lowest BCUT2D eigenvalue weighted by atomic mass is 9.84. The number of hydrogen-bond donors (Lipinski definition) is 2. The minimum atomic E-state index is -0.175. The Kier molecular flexibility index (Phi) is 4.84. The van der Waals surface area contributed by atoms with Gasteiger partial charge in [-0.25, -0.2) is 4.98 Å². The van der Waals surface area contributed by atoms with Crippen molar-refractivity contribution in [2.24, 2.45) is 17.1 Å². The van der Waals surface area contributed by atoms with Crippen LogP contribution in [0.15, 0.2) is 18.3 Å². The van der Waals surface area contributed by atoms with Crippen LogP contribution in [0.2, 0.25) is 0 Å². The van der Waals surface area contributed by atoms with Crippen LogP contribution in [0.3, 0.4) is 0 Å². The Morgan fingerprint density at radius 3 is 2.67 bits per heavy atom.